The molecule has 6 heteroatoms. The molecule has 0 unspecified atom stereocenters. The predicted molar refractivity (Wildman–Crippen MR) is 85.2 cm³/mol. The Hall–Kier alpha value is -3.15. The molecule has 1 aromatic carbocycles. The Morgan fingerprint density at radius 1 is 1.27 bits per heavy atom. The number of pyridine rings is 1. The highest BCUT2D eigenvalue weighted by molar-refractivity contribution is 6.05. The number of carbonyl (C=O) groups excluding carboxylic acids is 1. The van der Waals surface area contributed by atoms with E-state index in [2.05, 4.69) is 10.3 Å². The molecule has 22 heavy (non-hydrogen) atoms. The third kappa shape index (κ3) is 2.42. The summed E-state index contributed by atoms with van der Waals surface area (Å²) in [6.45, 7) is 1.84. The molecular formula is C16H15N5O. The van der Waals surface area contributed by atoms with Crippen LogP contribution < -0.4 is 11.1 Å². The smallest absolute Gasteiger partial charge is 0.259 e. The minimum absolute atomic E-state index is 0.369. The van der Waals surface area contributed by atoms with Gasteiger partial charge in [-0.05, 0) is 24.6 Å². The Labute approximate surface area is 127 Å². The van der Waals surface area contributed by atoms with Crippen molar-refractivity contribution in [2.75, 3.05) is 0 Å². The van der Waals surface area contributed by atoms with E-state index in [0.717, 1.165) is 22.2 Å². The highest BCUT2D eigenvalue weighted by Gasteiger charge is 2.14. The highest BCUT2D eigenvalue weighted by Crippen LogP contribution is 2.22. The molecule has 0 radical (unpaired) electrons. The van der Waals surface area contributed by atoms with Crippen LogP contribution in [0.5, 0.6) is 0 Å². The largest absolute Gasteiger partial charge is 0.370 e. The summed E-state index contributed by atoms with van der Waals surface area (Å²) in [6, 6.07) is 9.72. The lowest BCUT2D eigenvalue weighted by molar-refractivity contribution is 0.0976. The monoisotopic (exact) mass is 293 g/mol. The van der Waals surface area contributed by atoms with Crippen LogP contribution >= 0.6 is 0 Å². The molecule has 3 aromatic rings. The van der Waals surface area contributed by atoms with Crippen LogP contribution in [0, 0.1) is 12.3 Å². The molecule has 6 nitrogen and oxygen atoms in total. The lowest BCUT2D eigenvalue weighted by atomic mass is 10.2. The number of aromatic nitrogens is 2. The molecular weight excluding hydrogens is 278 g/mol. The first-order valence-electron chi connectivity index (χ1n) is 6.74. The normalized spacial score (nSPS) is 10.6. The van der Waals surface area contributed by atoms with Crippen LogP contribution in [0.1, 0.15) is 15.9 Å². The Morgan fingerprint density at radius 2 is 2.05 bits per heavy atom. The third-order valence-corrected chi connectivity index (χ3v) is 3.42. The summed E-state index contributed by atoms with van der Waals surface area (Å²) in [6.07, 6.45) is 5.34. The van der Waals surface area contributed by atoms with Gasteiger partial charge >= 0.3 is 0 Å². The van der Waals surface area contributed by atoms with Crippen LogP contribution in [0.4, 0.5) is 0 Å². The molecule has 0 saturated heterocycles. The van der Waals surface area contributed by atoms with E-state index >= 15 is 0 Å². The molecule has 0 aliphatic carbocycles. The third-order valence-electron chi connectivity index (χ3n) is 3.42. The van der Waals surface area contributed by atoms with Crippen molar-refractivity contribution >= 4 is 22.8 Å². The summed E-state index contributed by atoms with van der Waals surface area (Å²) < 4.78 is 1.88. The number of amides is 1. The topological polar surface area (TPSA) is 96.8 Å². The minimum Gasteiger partial charge on any atom is -0.370 e. The molecule has 0 atom stereocenters. The van der Waals surface area contributed by atoms with Gasteiger partial charge in [0, 0.05) is 24.0 Å². The fourth-order valence-electron chi connectivity index (χ4n) is 2.43. The van der Waals surface area contributed by atoms with Crippen LogP contribution in [-0.2, 0) is 0 Å². The van der Waals surface area contributed by atoms with Gasteiger partial charge in [0.25, 0.3) is 5.91 Å². The number of fused-ring (bicyclic) bond motifs is 1. The molecule has 0 fully saturated rings. The molecule has 0 aliphatic heterocycles. The predicted octanol–water partition coefficient (Wildman–Crippen LogP) is 1.96. The summed E-state index contributed by atoms with van der Waals surface area (Å²) in [5.41, 5.74) is 8.33. The SMILES string of the molecule is Cc1cn(-c2ccnc3ccccc23)cc1C(=O)NC(=N)N. The number of carbonyl (C=O) groups is 1. The first-order chi connectivity index (χ1) is 10.6. The summed E-state index contributed by atoms with van der Waals surface area (Å²) in [5, 5.41) is 10.5. The molecule has 0 saturated carbocycles. The van der Waals surface area contributed by atoms with Gasteiger partial charge in [-0.2, -0.15) is 0 Å². The van der Waals surface area contributed by atoms with E-state index in [0.29, 0.717) is 5.56 Å². The van der Waals surface area contributed by atoms with Gasteiger partial charge in [-0.3, -0.25) is 20.5 Å². The summed E-state index contributed by atoms with van der Waals surface area (Å²) in [5.74, 6) is -0.756. The average Bonchev–Trinajstić information content (AvgIpc) is 2.88. The molecule has 4 N–H and O–H groups in total. The Kier molecular flexibility index (Phi) is 3.34. The first-order valence-corrected chi connectivity index (χ1v) is 6.74. The zero-order chi connectivity index (χ0) is 15.7. The van der Waals surface area contributed by atoms with E-state index in [4.69, 9.17) is 11.1 Å². The number of nitrogens with one attached hydrogen (secondary N) is 2. The van der Waals surface area contributed by atoms with E-state index in [-0.39, 0.29) is 11.9 Å². The Bertz CT molecular complexity index is 876. The lowest BCUT2D eigenvalue weighted by Gasteiger charge is -2.06. The Morgan fingerprint density at radius 3 is 2.82 bits per heavy atom. The zero-order valence-electron chi connectivity index (χ0n) is 12.0. The second-order valence-electron chi connectivity index (χ2n) is 4.98. The average molecular weight is 293 g/mol. The van der Waals surface area contributed by atoms with Crippen molar-refractivity contribution in [3.05, 3.63) is 60.0 Å². The van der Waals surface area contributed by atoms with Crippen molar-refractivity contribution < 1.29 is 4.79 Å². The maximum Gasteiger partial charge on any atom is 0.259 e. The number of benzene rings is 1. The Balaban J connectivity index is 2.09. The second-order valence-corrected chi connectivity index (χ2v) is 4.98. The van der Waals surface area contributed by atoms with E-state index in [1.54, 1.807) is 12.4 Å². The first kappa shape index (κ1) is 13.8. The van der Waals surface area contributed by atoms with Gasteiger partial charge < -0.3 is 10.3 Å². The van der Waals surface area contributed by atoms with E-state index in [1.807, 2.05) is 48.0 Å². The number of hydrogen-bond donors (Lipinski definition) is 3. The van der Waals surface area contributed by atoms with Crippen LogP contribution in [-0.4, -0.2) is 21.4 Å². The number of nitrogens with two attached hydrogens (primary N) is 1. The molecule has 0 bridgehead atoms. The maximum atomic E-state index is 12.0. The maximum absolute atomic E-state index is 12.0. The molecule has 0 spiro atoms. The van der Waals surface area contributed by atoms with Crippen molar-refractivity contribution in [2.45, 2.75) is 6.92 Å². The van der Waals surface area contributed by atoms with Gasteiger partial charge in [0.2, 0.25) is 0 Å². The molecule has 2 aromatic heterocycles. The molecule has 110 valence electrons. The van der Waals surface area contributed by atoms with E-state index in [1.165, 1.54) is 0 Å². The summed E-state index contributed by atoms with van der Waals surface area (Å²) >= 11 is 0. The number of hydrogen-bond acceptors (Lipinski definition) is 3. The van der Waals surface area contributed by atoms with Gasteiger partial charge in [-0.15, -0.1) is 0 Å². The van der Waals surface area contributed by atoms with Gasteiger partial charge in [0.15, 0.2) is 5.96 Å². The minimum atomic E-state index is -0.387. The van der Waals surface area contributed by atoms with Crippen molar-refractivity contribution in [1.29, 1.82) is 5.41 Å². The number of nitrogens with zero attached hydrogens (tertiary/aromatic N) is 2. The van der Waals surface area contributed by atoms with Crippen LogP contribution in [0.2, 0.25) is 0 Å². The molecule has 1 amide bonds. The second kappa shape index (κ2) is 5.33. The van der Waals surface area contributed by atoms with Gasteiger partial charge in [-0.1, -0.05) is 18.2 Å². The van der Waals surface area contributed by atoms with E-state index < -0.39 is 0 Å². The van der Waals surface area contributed by atoms with Crippen LogP contribution in [0.15, 0.2) is 48.9 Å². The summed E-state index contributed by atoms with van der Waals surface area (Å²) in [7, 11) is 0. The number of para-hydroxylation sites is 1. The molecule has 0 aliphatic rings. The van der Waals surface area contributed by atoms with Gasteiger partial charge in [-0.25, -0.2) is 0 Å². The highest BCUT2D eigenvalue weighted by atomic mass is 16.1. The molecule has 3 rings (SSSR count). The van der Waals surface area contributed by atoms with Crippen LogP contribution in [0.25, 0.3) is 16.6 Å². The number of aryl methyl sites for hydroxylation is 1. The number of guanidine groups is 1. The van der Waals surface area contributed by atoms with Crippen molar-refractivity contribution in [3.63, 3.8) is 0 Å². The van der Waals surface area contributed by atoms with Gasteiger partial charge in [0.05, 0.1) is 16.8 Å². The lowest BCUT2D eigenvalue weighted by Crippen LogP contribution is -2.35. The zero-order valence-corrected chi connectivity index (χ0v) is 12.0. The summed E-state index contributed by atoms with van der Waals surface area (Å²) in [4.78, 5) is 16.4. The van der Waals surface area contributed by atoms with E-state index in [9.17, 15) is 4.79 Å². The van der Waals surface area contributed by atoms with Gasteiger partial charge in [0.1, 0.15) is 0 Å². The fourth-order valence-corrected chi connectivity index (χ4v) is 2.43. The number of rotatable bonds is 2. The van der Waals surface area contributed by atoms with Crippen molar-refractivity contribution in [2.24, 2.45) is 5.73 Å². The van der Waals surface area contributed by atoms with Crippen molar-refractivity contribution in [3.8, 4) is 5.69 Å². The van der Waals surface area contributed by atoms with Crippen LogP contribution in [0.3, 0.4) is 0 Å². The molecule has 2 heterocycles. The fraction of sp³-hybridized carbons (Fsp3) is 0.0625. The quantitative estimate of drug-likeness (QED) is 0.497. The van der Waals surface area contributed by atoms with Crippen molar-refractivity contribution in [1.82, 2.24) is 14.9 Å². The standard InChI is InChI=1S/C16H15N5O/c1-10-8-21(9-12(10)15(22)20-16(17)18)14-6-7-19-13-5-3-2-4-11(13)14/h2-9H,1H3,(H4,17,18,20,22).